The molecule has 0 saturated heterocycles. The van der Waals surface area contributed by atoms with Crippen molar-refractivity contribution < 1.29 is 19.0 Å². The lowest BCUT2D eigenvalue weighted by Gasteiger charge is -2.18. The van der Waals surface area contributed by atoms with Crippen molar-refractivity contribution in [2.75, 3.05) is 11.9 Å². The standard InChI is InChI=1S/C22H19ClF2N6O3/c1-30-9-17(18(10-32)29-30)27-22-26-8-16(25)21(28-22)13-4-5-31(20(34)7-13)19(11-33)12-2-3-14(23)15(24)6-12/h2-9,19,32-33H,10-11H2,1H3,(H,26,27,28)/t19-/m1/s1. The van der Waals surface area contributed by atoms with E-state index >= 15 is 0 Å². The van der Waals surface area contributed by atoms with E-state index in [2.05, 4.69) is 20.4 Å². The predicted molar refractivity (Wildman–Crippen MR) is 121 cm³/mol. The Morgan fingerprint density at radius 3 is 2.65 bits per heavy atom. The fourth-order valence-corrected chi connectivity index (χ4v) is 3.59. The van der Waals surface area contributed by atoms with Crippen LogP contribution in [0, 0.1) is 11.6 Å². The maximum absolute atomic E-state index is 14.5. The molecule has 0 unspecified atom stereocenters. The molecule has 3 aromatic heterocycles. The molecule has 0 radical (unpaired) electrons. The number of aliphatic hydroxyl groups is 2. The fraction of sp³-hybridized carbons (Fsp3) is 0.182. The van der Waals surface area contributed by atoms with Gasteiger partial charge in [0, 0.05) is 31.1 Å². The van der Waals surface area contributed by atoms with Crippen molar-refractivity contribution >= 4 is 23.2 Å². The number of rotatable bonds is 7. The second kappa shape index (κ2) is 9.67. The summed E-state index contributed by atoms with van der Waals surface area (Å²) >= 11 is 5.72. The summed E-state index contributed by atoms with van der Waals surface area (Å²) in [6.45, 7) is -0.798. The lowest BCUT2D eigenvalue weighted by atomic mass is 10.1. The lowest BCUT2D eigenvalue weighted by Crippen LogP contribution is -2.27. The molecule has 3 N–H and O–H groups in total. The molecule has 1 atom stereocenters. The van der Waals surface area contributed by atoms with E-state index in [1.807, 2.05) is 0 Å². The second-order valence-corrected chi connectivity index (χ2v) is 7.78. The molecule has 0 amide bonds. The molecule has 1 aromatic carbocycles. The zero-order valence-electron chi connectivity index (χ0n) is 17.8. The van der Waals surface area contributed by atoms with Gasteiger partial charge in [0.2, 0.25) is 5.95 Å². The molecular formula is C22H19ClF2N6O3. The summed E-state index contributed by atoms with van der Waals surface area (Å²) < 4.78 is 31.1. The van der Waals surface area contributed by atoms with Crippen molar-refractivity contribution in [3.63, 3.8) is 0 Å². The van der Waals surface area contributed by atoms with E-state index < -0.39 is 29.8 Å². The molecule has 0 aliphatic carbocycles. The molecule has 0 bridgehead atoms. The molecule has 9 nitrogen and oxygen atoms in total. The molecule has 176 valence electrons. The summed E-state index contributed by atoms with van der Waals surface area (Å²) in [7, 11) is 1.67. The van der Waals surface area contributed by atoms with E-state index in [1.165, 1.54) is 33.6 Å². The fourth-order valence-electron chi connectivity index (χ4n) is 3.47. The van der Waals surface area contributed by atoms with Crippen LogP contribution in [0.1, 0.15) is 17.3 Å². The molecule has 3 heterocycles. The van der Waals surface area contributed by atoms with Gasteiger partial charge in [-0.05, 0) is 23.8 Å². The van der Waals surface area contributed by atoms with E-state index in [0.29, 0.717) is 16.9 Å². The van der Waals surface area contributed by atoms with Gasteiger partial charge in [-0.1, -0.05) is 17.7 Å². The van der Waals surface area contributed by atoms with Crippen LogP contribution in [0.2, 0.25) is 5.02 Å². The van der Waals surface area contributed by atoms with Crippen molar-refractivity contribution in [1.82, 2.24) is 24.3 Å². The molecule has 0 aliphatic rings. The van der Waals surface area contributed by atoms with Crippen LogP contribution in [0.5, 0.6) is 0 Å². The van der Waals surface area contributed by atoms with Gasteiger partial charge in [-0.15, -0.1) is 0 Å². The summed E-state index contributed by atoms with van der Waals surface area (Å²) in [5.41, 5.74) is 0.627. The van der Waals surface area contributed by atoms with Gasteiger partial charge in [0.05, 0.1) is 36.2 Å². The largest absolute Gasteiger partial charge is 0.394 e. The predicted octanol–water partition coefficient (Wildman–Crippen LogP) is 2.79. The topological polar surface area (TPSA) is 118 Å². The summed E-state index contributed by atoms with van der Waals surface area (Å²) in [4.78, 5) is 20.9. The molecule has 0 saturated carbocycles. The third-order valence-electron chi connectivity index (χ3n) is 5.10. The average Bonchev–Trinajstić information content (AvgIpc) is 3.17. The van der Waals surface area contributed by atoms with Crippen molar-refractivity contribution in [1.29, 1.82) is 0 Å². The second-order valence-electron chi connectivity index (χ2n) is 7.37. The van der Waals surface area contributed by atoms with Crippen molar-refractivity contribution in [3.05, 3.63) is 87.2 Å². The molecule has 4 aromatic rings. The molecular weight excluding hydrogens is 470 g/mol. The highest BCUT2D eigenvalue weighted by Crippen LogP contribution is 2.25. The molecule has 0 spiro atoms. The van der Waals surface area contributed by atoms with Crippen LogP contribution in [-0.2, 0) is 13.7 Å². The van der Waals surface area contributed by atoms with Crippen LogP contribution in [0.3, 0.4) is 0 Å². The summed E-state index contributed by atoms with van der Waals surface area (Å²) in [5, 5.41) is 26.1. The number of aromatic nitrogens is 5. The van der Waals surface area contributed by atoms with Gasteiger partial charge >= 0.3 is 0 Å². The number of hydrogen-bond acceptors (Lipinski definition) is 7. The Labute approximate surface area is 196 Å². The van der Waals surface area contributed by atoms with Crippen LogP contribution in [0.4, 0.5) is 20.4 Å². The first-order chi connectivity index (χ1) is 16.3. The Balaban J connectivity index is 1.67. The minimum atomic E-state index is -0.872. The molecule has 12 heteroatoms. The molecule has 34 heavy (non-hydrogen) atoms. The van der Waals surface area contributed by atoms with Crippen LogP contribution in [-0.4, -0.2) is 41.1 Å². The SMILES string of the molecule is Cn1cc(Nc2ncc(F)c(-c3ccn([C@H](CO)c4ccc(Cl)c(F)c4)c(=O)c3)n2)c(CO)n1. The lowest BCUT2D eigenvalue weighted by molar-refractivity contribution is 0.247. The highest BCUT2D eigenvalue weighted by atomic mass is 35.5. The highest BCUT2D eigenvalue weighted by molar-refractivity contribution is 6.30. The first-order valence-electron chi connectivity index (χ1n) is 10.0. The van der Waals surface area contributed by atoms with Gasteiger partial charge < -0.3 is 20.1 Å². The third kappa shape index (κ3) is 4.67. The maximum atomic E-state index is 14.5. The zero-order chi connectivity index (χ0) is 24.4. The van der Waals surface area contributed by atoms with Crippen molar-refractivity contribution in [3.8, 4) is 11.3 Å². The number of aryl methyl sites for hydroxylation is 1. The monoisotopic (exact) mass is 488 g/mol. The Morgan fingerprint density at radius 2 is 1.97 bits per heavy atom. The van der Waals surface area contributed by atoms with E-state index in [1.54, 1.807) is 13.2 Å². The van der Waals surface area contributed by atoms with Crippen molar-refractivity contribution in [2.45, 2.75) is 12.6 Å². The van der Waals surface area contributed by atoms with Gasteiger partial charge in [0.1, 0.15) is 17.2 Å². The molecule has 0 aliphatic heterocycles. The van der Waals surface area contributed by atoms with E-state index in [0.717, 1.165) is 18.3 Å². The van der Waals surface area contributed by atoms with Gasteiger partial charge in [0.25, 0.3) is 5.56 Å². The van der Waals surface area contributed by atoms with Gasteiger partial charge in [-0.2, -0.15) is 5.10 Å². The van der Waals surface area contributed by atoms with E-state index in [9.17, 15) is 23.8 Å². The average molecular weight is 489 g/mol. The number of hydrogen-bond donors (Lipinski definition) is 3. The number of halogens is 3. The maximum Gasteiger partial charge on any atom is 0.251 e. The summed E-state index contributed by atoms with van der Waals surface area (Å²) in [6, 6.07) is 5.73. The van der Waals surface area contributed by atoms with Crippen LogP contribution in [0.25, 0.3) is 11.3 Å². The molecule has 4 rings (SSSR count). The number of nitrogens with one attached hydrogen (secondary N) is 1. The van der Waals surface area contributed by atoms with Crippen LogP contribution in [0.15, 0.2) is 53.7 Å². The van der Waals surface area contributed by atoms with E-state index in [-0.39, 0.29) is 28.8 Å². The van der Waals surface area contributed by atoms with Gasteiger partial charge in [-0.3, -0.25) is 9.48 Å². The quantitative estimate of drug-likeness (QED) is 0.366. The Bertz CT molecular complexity index is 1410. The normalized spacial score (nSPS) is 12.1. The zero-order valence-corrected chi connectivity index (χ0v) is 18.5. The van der Waals surface area contributed by atoms with Crippen molar-refractivity contribution in [2.24, 2.45) is 7.05 Å². The first-order valence-corrected chi connectivity index (χ1v) is 10.4. The minimum absolute atomic E-state index is 0.0353. The van der Waals surface area contributed by atoms with Gasteiger partial charge in [-0.25, -0.2) is 18.7 Å². The summed E-state index contributed by atoms with van der Waals surface area (Å²) in [6.07, 6.45) is 3.93. The number of nitrogens with zero attached hydrogens (tertiary/aromatic N) is 5. The number of anilines is 2. The summed E-state index contributed by atoms with van der Waals surface area (Å²) in [5.74, 6) is -1.40. The number of aliphatic hydroxyl groups excluding tert-OH is 2. The Kier molecular flexibility index (Phi) is 6.68. The van der Waals surface area contributed by atoms with E-state index in [4.69, 9.17) is 11.6 Å². The molecule has 0 fully saturated rings. The van der Waals surface area contributed by atoms with Crippen LogP contribution < -0.4 is 10.9 Å². The smallest absolute Gasteiger partial charge is 0.251 e. The minimum Gasteiger partial charge on any atom is -0.394 e. The van der Waals surface area contributed by atoms with Crippen LogP contribution >= 0.6 is 11.6 Å². The van der Waals surface area contributed by atoms with Gasteiger partial charge in [0.15, 0.2) is 5.82 Å². The number of benzene rings is 1. The Morgan fingerprint density at radius 1 is 1.18 bits per heavy atom. The number of pyridine rings is 1. The Hall–Kier alpha value is -3.67. The first kappa shape index (κ1) is 23.5. The third-order valence-corrected chi connectivity index (χ3v) is 5.41. The highest BCUT2D eigenvalue weighted by Gasteiger charge is 2.18.